The van der Waals surface area contributed by atoms with E-state index in [0.29, 0.717) is 6.42 Å². The lowest BCUT2D eigenvalue weighted by atomic mass is 9.83. The topological polar surface area (TPSA) is 108 Å². The van der Waals surface area contributed by atoms with Crippen LogP contribution in [0.4, 0.5) is 0 Å². The van der Waals surface area contributed by atoms with E-state index in [9.17, 15) is 18.3 Å². The molecule has 8 nitrogen and oxygen atoms in total. The number of rotatable bonds is 10. The van der Waals surface area contributed by atoms with Crippen LogP contribution in [-0.4, -0.2) is 67.3 Å². The Balaban J connectivity index is 1.62. The van der Waals surface area contributed by atoms with Gasteiger partial charge in [0, 0.05) is 16.7 Å². The minimum atomic E-state index is -4.03. The number of aliphatic hydroxyl groups is 1. The van der Waals surface area contributed by atoms with Gasteiger partial charge in [0.2, 0.25) is 0 Å². The Morgan fingerprint density at radius 3 is 2.58 bits per heavy atom. The van der Waals surface area contributed by atoms with E-state index in [2.05, 4.69) is 0 Å². The van der Waals surface area contributed by atoms with Gasteiger partial charge >= 0.3 is 5.97 Å². The molecule has 0 unspecified atom stereocenters. The van der Waals surface area contributed by atoms with Crippen molar-refractivity contribution < 1.29 is 36.7 Å². The van der Waals surface area contributed by atoms with E-state index < -0.39 is 50.5 Å². The summed E-state index contributed by atoms with van der Waals surface area (Å²) in [5.41, 5.74) is 0. The van der Waals surface area contributed by atoms with Crippen LogP contribution in [0.3, 0.4) is 0 Å². The van der Waals surface area contributed by atoms with Crippen LogP contribution in [0.1, 0.15) is 66.2 Å². The summed E-state index contributed by atoms with van der Waals surface area (Å²) in [5.74, 6) is -1.59. The van der Waals surface area contributed by atoms with Crippen molar-refractivity contribution in [1.82, 2.24) is 0 Å². The summed E-state index contributed by atoms with van der Waals surface area (Å²) >= 11 is 1.40. The van der Waals surface area contributed by atoms with Crippen molar-refractivity contribution in [2.45, 2.75) is 112 Å². The number of carbonyl (C=O) groups excluding carboxylic acids is 1. The molecule has 3 heterocycles. The van der Waals surface area contributed by atoms with Crippen molar-refractivity contribution in [2.75, 3.05) is 7.11 Å². The van der Waals surface area contributed by atoms with Crippen LogP contribution in [-0.2, 0) is 33.3 Å². The average Bonchev–Trinajstić information content (AvgIpc) is 3.52. The van der Waals surface area contributed by atoms with Gasteiger partial charge in [-0.1, -0.05) is 57.2 Å². The minimum absolute atomic E-state index is 0.0482. The zero-order valence-electron chi connectivity index (χ0n) is 22.9. The predicted molar refractivity (Wildman–Crippen MR) is 145 cm³/mol. The second-order valence-electron chi connectivity index (χ2n) is 11.1. The normalized spacial score (nSPS) is 36.8. The lowest BCUT2D eigenvalue weighted by molar-refractivity contribution is -0.152. The van der Waals surface area contributed by atoms with Gasteiger partial charge < -0.3 is 19.3 Å². The largest absolute Gasteiger partial charge is 0.469 e. The van der Waals surface area contributed by atoms with Crippen molar-refractivity contribution >= 4 is 27.8 Å². The molecular weight excluding hydrogens is 528 g/mol. The highest BCUT2D eigenvalue weighted by molar-refractivity contribution is 8.01. The minimum Gasteiger partial charge on any atom is -0.469 e. The summed E-state index contributed by atoms with van der Waals surface area (Å²) in [6, 6.07) is 9.62. The summed E-state index contributed by atoms with van der Waals surface area (Å²) in [6.07, 6.45) is 2.09. The molecule has 3 fully saturated rings. The molecule has 3 saturated heterocycles. The maximum absolute atomic E-state index is 13.7. The third kappa shape index (κ3) is 5.95. The number of aliphatic hydroxyl groups excluding tert-OH is 1. The van der Waals surface area contributed by atoms with E-state index in [1.165, 1.54) is 18.9 Å². The Kier molecular flexibility index (Phi) is 9.52. The molecular formula is C28H42O8S2. The van der Waals surface area contributed by atoms with E-state index in [-0.39, 0.29) is 30.5 Å². The molecule has 4 rings (SSSR count). The van der Waals surface area contributed by atoms with E-state index in [1.807, 2.05) is 51.1 Å². The molecule has 214 valence electrons. The van der Waals surface area contributed by atoms with Crippen molar-refractivity contribution in [3.8, 4) is 0 Å². The van der Waals surface area contributed by atoms with E-state index >= 15 is 0 Å². The zero-order chi connectivity index (χ0) is 27.7. The molecule has 3 aliphatic rings. The summed E-state index contributed by atoms with van der Waals surface area (Å²) in [7, 11) is -2.70. The first-order valence-electron chi connectivity index (χ1n) is 13.8. The van der Waals surface area contributed by atoms with Crippen LogP contribution in [0.25, 0.3) is 0 Å². The third-order valence-corrected chi connectivity index (χ3v) is 12.0. The first kappa shape index (κ1) is 29.8. The molecule has 1 aromatic rings. The molecule has 10 heteroatoms. The van der Waals surface area contributed by atoms with E-state index in [1.54, 1.807) is 6.92 Å². The summed E-state index contributed by atoms with van der Waals surface area (Å²) in [4.78, 5) is 12.1. The van der Waals surface area contributed by atoms with Gasteiger partial charge in [0.05, 0.1) is 43.5 Å². The molecule has 0 aromatic heterocycles. The van der Waals surface area contributed by atoms with Crippen LogP contribution in [0.2, 0.25) is 0 Å². The summed E-state index contributed by atoms with van der Waals surface area (Å²) in [6.45, 7) is 7.73. The van der Waals surface area contributed by atoms with Crippen molar-refractivity contribution in [3.63, 3.8) is 0 Å². The number of esters is 1. The smallest absolute Gasteiger partial charge is 0.311 e. The highest BCUT2D eigenvalue weighted by Gasteiger charge is 2.66. The Bertz CT molecular complexity index is 1050. The second-order valence-corrected chi connectivity index (χ2v) is 14.1. The molecule has 38 heavy (non-hydrogen) atoms. The Labute approximate surface area is 231 Å². The van der Waals surface area contributed by atoms with Gasteiger partial charge in [0.15, 0.2) is 0 Å². The van der Waals surface area contributed by atoms with Crippen LogP contribution in [0.5, 0.6) is 0 Å². The Hall–Kier alpha value is -1.17. The molecule has 0 radical (unpaired) electrons. The fourth-order valence-electron chi connectivity index (χ4n) is 6.29. The number of benzene rings is 1. The monoisotopic (exact) mass is 570 g/mol. The van der Waals surface area contributed by atoms with Crippen LogP contribution in [0, 0.1) is 17.8 Å². The standard InChI is InChI=1S/C28H42O8S2/c1-6-10-20(29)15-21-13-14-23(34-21)17(2)26-19(4)28(37-22-11-8-7-9-12-22)25(38(31,32)36-26)16-24(35-28)18(3)27(30)33-5/h7-9,11-12,17-21,23-26,29H,6,10,13-16H2,1-5H3/t17-,18-,19+,20+,21+,23-,24-,25+,26+,28-/m1/s1. The molecule has 1 aromatic carbocycles. The molecule has 3 aliphatic heterocycles. The van der Waals surface area contributed by atoms with Gasteiger partial charge in [0.25, 0.3) is 10.1 Å². The number of thioether (sulfide) groups is 1. The lowest BCUT2D eigenvalue weighted by Crippen LogP contribution is -2.59. The van der Waals surface area contributed by atoms with E-state index in [0.717, 1.165) is 30.6 Å². The maximum atomic E-state index is 13.7. The fraction of sp³-hybridized carbons (Fsp3) is 0.750. The third-order valence-electron chi connectivity index (χ3n) is 8.51. The number of fused-ring (bicyclic) bond motifs is 1. The molecule has 0 amide bonds. The molecule has 1 N–H and O–H groups in total. The average molecular weight is 571 g/mol. The number of ether oxygens (including phenoxy) is 3. The van der Waals surface area contributed by atoms with Crippen LogP contribution in [0.15, 0.2) is 35.2 Å². The molecule has 0 saturated carbocycles. The Morgan fingerprint density at radius 1 is 1.21 bits per heavy atom. The zero-order valence-corrected chi connectivity index (χ0v) is 24.6. The highest BCUT2D eigenvalue weighted by atomic mass is 32.2. The van der Waals surface area contributed by atoms with Crippen molar-refractivity contribution in [3.05, 3.63) is 30.3 Å². The van der Waals surface area contributed by atoms with Gasteiger partial charge in [-0.3, -0.25) is 8.98 Å². The molecule has 0 spiro atoms. The van der Waals surface area contributed by atoms with Gasteiger partial charge in [-0.2, -0.15) is 8.42 Å². The van der Waals surface area contributed by atoms with Crippen LogP contribution < -0.4 is 0 Å². The summed E-state index contributed by atoms with van der Waals surface area (Å²) in [5, 5.41) is 9.33. The highest BCUT2D eigenvalue weighted by Crippen LogP contribution is 2.57. The van der Waals surface area contributed by atoms with Crippen molar-refractivity contribution in [2.24, 2.45) is 17.8 Å². The quantitative estimate of drug-likeness (QED) is 0.320. The number of hydrogen-bond acceptors (Lipinski definition) is 9. The van der Waals surface area contributed by atoms with E-state index in [4.69, 9.17) is 18.4 Å². The Morgan fingerprint density at radius 2 is 1.92 bits per heavy atom. The first-order chi connectivity index (χ1) is 18.0. The maximum Gasteiger partial charge on any atom is 0.311 e. The second kappa shape index (κ2) is 12.1. The SMILES string of the molecule is CCC[C@H](O)C[C@@H]1CC[C@H]([C@@H](C)[C@@H]2OS(=O)(=O)[C@H]3C[C@H]([C@@H](C)C(=O)OC)O[C@@]3(Sc3ccccc3)[C@H]2C)O1. The molecule has 0 aliphatic carbocycles. The van der Waals surface area contributed by atoms with Gasteiger partial charge in [-0.15, -0.1) is 0 Å². The molecule has 10 atom stereocenters. The van der Waals surface area contributed by atoms with Gasteiger partial charge in [-0.25, -0.2) is 0 Å². The lowest BCUT2D eigenvalue weighted by Gasteiger charge is -2.48. The number of hydrogen-bond donors (Lipinski definition) is 1. The first-order valence-corrected chi connectivity index (χ1v) is 16.1. The fourth-order valence-corrected chi connectivity index (χ4v) is 10.1. The van der Waals surface area contributed by atoms with Gasteiger partial charge in [0.1, 0.15) is 10.2 Å². The van der Waals surface area contributed by atoms with Gasteiger partial charge in [-0.05, 0) is 51.2 Å². The number of carbonyl (C=O) groups is 1. The van der Waals surface area contributed by atoms with Crippen LogP contribution >= 0.6 is 11.8 Å². The van der Waals surface area contributed by atoms with Crippen molar-refractivity contribution in [1.29, 1.82) is 0 Å². The molecule has 0 bridgehead atoms. The summed E-state index contributed by atoms with van der Waals surface area (Å²) < 4.78 is 51.3. The predicted octanol–water partition coefficient (Wildman–Crippen LogP) is 4.54. The number of methoxy groups -OCH3 is 1.